The van der Waals surface area contributed by atoms with Gasteiger partial charge < -0.3 is 14.6 Å². The van der Waals surface area contributed by atoms with Gasteiger partial charge in [-0.25, -0.2) is 0 Å². The molecule has 0 heterocycles. The van der Waals surface area contributed by atoms with Crippen molar-refractivity contribution >= 4 is 5.97 Å². The maximum absolute atomic E-state index is 10.2. The van der Waals surface area contributed by atoms with Crippen molar-refractivity contribution in [3.05, 3.63) is 35.9 Å². The second kappa shape index (κ2) is 7.84. The molecule has 0 aliphatic carbocycles. The largest absolute Gasteiger partial charge is 0.481 e. The topological polar surface area (TPSA) is 55.8 Å². The summed E-state index contributed by atoms with van der Waals surface area (Å²) < 4.78 is 10.4. The fraction of sp³-hybridized carbons (Fsp3) is 0.417. The summed E-state index contributed by atoms with van der Waals surface area (Å²) in [5.74, 6) is -0.842. The molecular weight excluding hydrogens is 208 g/mol. The summed E-state index contributed by atoms with van der Waals surface area (Å²) in [5, 5.41) is 8.35. The molecule has 1 aromatic carbocycles. The van der Waals surface area contributed by atoms with E-state index in [9.17, 15) is 4.79 Å². The Kier molecular flexibility index (Phi) is 6.22. The van der Waals surface area contributed by atoms with E-state index in [-0.39, 0.29) is 13.0 Å². The van der Waals surface area contributed by atoms with Gasteiger partial charge in [0.25, 0.3) is 0 Å². The summed E-state index contributed by atoms with van der Waals surface area (Å²) in [5.41, 5.74) is 1.12. The van der Waals surface area contributed by atoms with E-state index < -0.39 is 5.97 Å². The van der Waals surface area contributed by atoms with Crippen molar-refractivity contribution in [1.29, 1.82) is 0 Å². The SMILES string of the molecule is O=C(O)CCOCCOCc1ccccc1. The molecule has 0 aliphatic heterocycles. The molecular formula is C12H16O4. The number of hydrogen-bond acceptors (Lipinski definition) is 3. The number of hydrogen-bond donors (Lipinski definition) is 1. The zero-order valence-electron chi connectivity index (χ0n) is 9.09. The normalized spacial score (nSPS) is 10.2. The molecule has 0 spiro atoms. The molecule has 0 bridgehead atoms. The van der Waals surface area contributed by atoms with Crippen LogP contribution in [0.25, 0.3) is 0 Å². The van der Waals surface area contributed by atoms with Gasteiger partial charge in [0.2, 0.25) is 0 Å². The predicted molar refractivity (Wildman–Crippen MR) is 59.2 cm³/mol. The van der Waals surface area contributed by atoms with Gasteiger partial charge in [-0.15, -0.1) is 0 Å². The lowest BCUT2D eigenvalue weighted by Crippen LogP contribution is -2.08. The number of carboxylic acids is 1. The van der Waals surface area contributed by atoms with Gasteiger partial charge in [-0.1, -0.05) is 30.3 Å². The third kappa shape index (κ3) is 6.16. The van der Waals surface area contributed by atoms with Crippen LogP contribution in [0.2, 0.25) is 0 Å². The third-order valence-corrected chi connectivity index (χ3v) is 1.94. The number of ether oxygens (including phenoxy) is 2. The zero-order valence-corrected chi connectivity index (χ0v) is 9.09. The Morgan fingerprint density at radius 1 is 1.06 bits per heavy atom. The first-order valence-electron chi connectivity index (χ1n) is 5.20. The fourth-order valence-corrected chi connectivity index (χ4v) is 1.14. The minimum Gasteiger partial charge on any atom is -0.481 e. The minimum absolute atomic E-state index is 0.0404. The fourth-order valence-electron chi connectivity index (χ4n) is 1.14. The molecule has 0 saturated heterocycles. The summed E-state index contributed by atoms with van der Waals surface area (Å²) in [7, 11) is 0. The maximum atomic E-state index is 10.2. The summed E-state index contributed by atoms with van der Waals surface area (Å²) in [6.07, 6.45) is 0.0404. The second-order valence-electron chi connectivity index (χ2n) is 3.29. The number of rotatable bonds is 8. The van der Waals surface area contributed by atoms with Crippen LogP contribution in [0.5, 0.6) is 0 Å². The molecule has 0 atom stereocenters. The first kappa shape index (κ1) is 12.7. The van der Waals surface area contributed by atoms with Crippen molar-refractivity contribution in [1.82, 2.24) is 0 Å². The van der Waals surface area contributed by atoms with Crippen molar-refractivity contribution in [3.8, 4) is 0 Å². The third-order valence-electron chi connectivity index (χ3n) is 1.94. The van der Waals surface area contributed by atoms with Crippen molar-refractivity contribution in [2.75, 3.05) is 19.8 Å². The minimum atomic E-state index is -0.842. The second-order valence-corrected chi connectivity index (χ2v) is 3.29. The highest BCUT2D eigenvalue weighted by Crippen LogP contribution is 1.99. The van der Waals surface area contributed by atoms with Crippen LogP contribution in [0, 0.1) is 0 Å². The monoisotopic (exact) mass is 224 g/mol. The lowest BCUT2D eigenvalue weighted by atomic mass is 10.2. The predicted octanol–water partition coefficient (Wildman–Crippen LogP) is 1.69. The molecule has 16 heavy (non-hydrogen) atoms. The van der Waals surface area contributed by atoms with Crippen LogP contribution in [0.15, 0.2) is 30.3 Å². The van der Waals surface area contributed by atoms with Gasteiger partial charge in [0.05, 0.1) is 32.8 Å². The molecule has 88 valence electrons. The van der Waals surface area contributed by atoms with Gasteiger partial charge in [-0.2, -0.15) is 0 Å². The maximum Gasteiger partial charge on any atom is 0.305 e. The van der Waals surface area contributed by atoms with E-state index in [0.717, 1.165) is 5.56 Å². The molecule has 0 radical (unpaired) electrons. The summed E-state index contributed by atoms with van der Waals surface area (Å²) in [6, 6.07) is 9.86. The molecule has 0 aliphatic rings. The van der Waals surface area contributed by atoms with Crippen LogP contribution < -0.4 is 0 Å². The summed E-state index contributed by atoms with van der Waals surface area (Å²) in [6.45, 7) is 1.71. The lowest BCUT2D eigenvalue weighted by molar-refractivity contribution is -0.138. The van der Waals surface area contributed by atoms with Crippen molar-refractivity contribution in [2.45, 2.75) is 13.0 Å². The molecule has 1 aromatic rings. The molecule has 0 saturated carbocycles. The first-order chi connectivity index (χ1) is 7.79. The highest BCUT2D eigenvalue weighted by molar-refractivity contribution is 5.66. The van der Waals surface area contributed by atoms with Crippen LogP contribution in [0.1, 0.15) is 12.0 Å². The molecule has 0 fully saturated rings. The molecule has 0 amide bonds. The molecule has 0 unspecified atom stereocenters. The highest BCUT2D eigenvalue weighted by Gasteiger charge is 1.96. The van der Waals surface area contributed by atoms with Gasteiger partial charge in [-0.3, -0.25) is 4.79 Å². The van der Waals surface area contributed by atoms with E-state index in [0.29, 0.717) is 19.8 Å². The first-order valence-corrected chi connectivity index (χ1v) is 5.20. The van der Waals surface area contributed by atoms with Crippen molar-refractivity contribution in [2.24, 2.45) is 0 Å². The molecule has 1 N–H and O–H groups in total. The molecule has 4 heteroatoms. The standard InChI is InChI=1S/C12H16O4/c13-12(14)6-7-15-8-9-16-10-11-4-2-1-3-5-11/h1-5H,6-10H2,(H,13,14). The van der Waals surface area contributed by atoms with E-state index >= 15 is 0 Å². The van der Waals surface area contributed by atoms with Crippen LogP contribution >= 0.6 is 0 Å². The van der Waals surface area contributed by atoms with E-state index in [1.807, 2.05) is 30.3 Å². The van der Waals surface area contributed by atoms with Crippen LogP contribution in [-0.4, -0.2) is 30.9 Å². The Bertz CT molecular complexity index is 297. The Morgan fingerprint density at radius 2 is 1.75 bits per heavy atom. The molecule has 4 nitrogen and oxygen atoms in total. The van der Waals surface area contributed by atoms with E-state index in [1.165, 1.54) is 0 Å². The quantitative estimate of drug-likeness (QED) is 0.683. The Balaban J connectivity index is 1.94. The molecule has 0 aromatic heterocycles. The highest BCUT2D eigenvalue weighted by atomic mass is 16.5. The van der Waals surface area contributed by atoms with Crippen molar-refractivity contribution in [3.63, 3.8) is 0 Å². The van der Waals surface area contributed by atoms with Crippen LogP contribution in [0.3, 0.4) is 0 Å². The van der Waals surface area contributed by atoms with Crippen LogP contribution in [-0.2, 0) is 20.9 Å². The number of benzene rings is 1. The lowest BCUT2D eigenvalue weighted by Gasteiger charge is -2.04. The Labute approximate surface area is 94.8 Å². The number of carbonyl (C=O) groups is 1. The van der Waals surface area contributed by atoms with Crippen molar-refractivity contribution < 1.29 is 19.4 Å². The average Bonchev–Trinajstić information content (AvgIpc) is 2.29. The van der Waals surface area contributed by atoms with Crippen LogP contribution in [0.4, 0.5) is 0 Å². The van der Waals surface area contributed by atoms with Gasteiger partial charge in [0, 0.05) is 0 Å². The zero-order chi connectivity index (χ0) is 11.6. The van der Waals surface area contributed by atoms with E-state index in [2.05, 4.69) is 0 Å². The van der Waals surface area contributed by atoms with E-state index in [1.54, 1.807) is 0 Å². The number of aliphatic carboxylic acids is 1. The van der Waals surface area contributed by atoms with Gasteiger partial charge in [0.1, 0.15) is 0 Å². The average molecular weight is 224 g/mol. The van der Waals surface area contributed by atoms with Gasteiger partial charge in [0.15, 0.2) is 0 Å². The molecule has 1 rings (SSSR count). The Morgan fingerprint density at radius 3 is 2.44 bits per heavy atom. The number of carboxylic acid groups (broad SMARTS) is 1. The summed E-state index contributed by atoms with van der Waals surface area (Å²) >= 11 is 0. The smallest absolute Gasteiger partial charge is 0.305 e. The Hall–Kier alpha value is -1.39. The van der Waals surface area contributed by atoms with Gasteiger partial charge >= 0.3 is 5.97 Å². The van der Waals surface area contributed by atoms with E-state index in [4.69, 9.17) is 14.6 Å². The summed E-state index contributed by atoms with van der Waals surface area (Å²) in [4.78, 5) is 10.2. The van der Waals surface area contributed by atoms with Gasteiger partial charge in [-0.05, 0) is 5.56 Å².